The van der Waals surface area contributed by atoms with Crippen LogP contribution in [0.2, 0.25) is 0 Å². The lowest BCUT2D eigenvalue weighted by atomic mass is 10.0. The van der Waals surface area contributed by atoms with Crippen LogP contribution in [0.3, 0.4) is 0 Å². The van der Waals surface area contributed by atoms with Crippen molar-refractivity contribution >= 4 is 34.5 Å². The highest BCUT2D eigenvalue weighted by atomic mass is 16.6. The van der Waals surface area contributed by atoms with Gasteiger partial charge in [0.15, 0.2) is 17.6 Å². The molecule has 3 aromatic carbocycles. The Labute approximate surface area is 235 Å². The number of benzene rings is 3. The van der Waals surface area contributed by atoms with Gasteiger partial charge < -0.3 is 28.7 Å². The highest BCUT2D eigenvalue weighted by Gasteiger charge is 2.21. The molecular weight excluding hydrogens is 530 g/mol. The number of fused-ring (bicyclic) bond motifs is 1. The van der Waals surface area contributed by atoms with E-state index in [2.05, 4.69) is 5.32 Å². The second-order valence-corrected chi connectivity index (χ2v) is 9.92. The largest absolute Gasteiger partial charge is 0.497 e. The molecule has 0 radical (unpaired) electrons. The number of esters is 2. The van der Waals surface area contributed by atoms with E-state index < -0.39 is 28.9 Å². The third-order valence-electron chi connectivity index (χ3n) is 5.78. The minimum Gasteiger partial charge on any atom is -0.497 e. The van der Waals surface area contributed by atoms with Gasteiger partial charge in [0.25, 0.3) is 5.91 Å². The van der Waals surface area contributed by atoms with Crippen LogP contribution in [0.15, 0.2) is 75.9 Å². The normalized spacial score (nSPS) is 11.0. The Morgan fingerprint density at radius 3 is 2.29 bits per heavy atom. The summed E-state index contributed by atoms with van der Waals surface area (Å²) < 4.78 is 26.7. The summed E-state index contributed by atoms with van der Waals surface area (Å²) in [5, 5.41) is 2.88. The van der Waals surface area contributed by atoms with Crippen LogP contribution in [0.5, 0.6) is 11.5 Å². The average molecular weight is 560 g/mol. The first-order valence-electron chi connectivity index (χ1n) is 12.6. The maximum absolute atomic E-state index is 13.2. The molecule has 0 saturated carbocycles. The predicted octanol–water partition coefficient (Wildman–Crippen LogP) is 5.23. The topological polar surface area (TPSA) is 130 Å². The molecule has 0 unspecified atom stereocenters. The summed E-state index contributed by atoms with van der Waals surface area (Å²) in [5.41, 5.74) is 0.248. The third kappa shape index (κ3) is 6.91. The average Bonchev–Trinajstić information content (AvgIpc) is 2.95. The molecule has 1 amide bonds. The molecule has 0 atom stereocenters. The van der Waals surface area contributed by atoms with Crippen molar-refractivity contribution in [2.45, 2.75) is 26.4 Å². The minimum atomic E-state index is -0.846. The molecule has 1 heterocycles. The summed E-state index contributed by atoms with van der Waals surface area (Å²) in [7, 11) is 2.68. The summed E-state index contributed by atoms with van der Waals surface area (Å²) in [6, 6.07) is 17.5. The Balaban J connectivity index is 1.80. The molecule has 4 rings (SSSR count). The zero-order chi connectivity index (χ0) is 29.7. The van der Waals surface area contributed by atoms with Crippen LogP contribution in [0.25, 0.3) is 22.1 Å². The Kier molecular flexibility index (Phi) is 8.42. The molecule has 0 saturated heterocycles. The molecule has 1 aromatic heterocycles. The maximum Gasteiger partial charge on any atom is 0.374 e. The number of para-hydroxylation sites is 1. The maximum atomic E-state index is 13.2. The molecule has 0 spiro atoms. The predicted molar refractivity (Wildman–Crippen MR) is 152 cm³/mol. The molecule has 212 valence electrons. The number of amides is 1. The second-order valence-electron chi connectivity index (χ2n) is 9.92. The molecular formula is C31H29NO9. The molecule has 10 nitrogen and oxygen atoms in total. The van der Waals surface area contributed by atoms with Crippen LogP contribution >= 0.6 is 0 Å². The number of carbonyl (C=O) groups is 3. The van der Waals surface area contributed by atoms with Gasteiger partial charge in [0, 0.05) is 17.2 Å². The van der Waals surface area contributed by atoms with Gasteiger partial charge >= 0.3 is 11.9 Å². The van der Waals surface area contributed by atoms with E-state index in [1.807, 2.05) is 0 Å². The molecule has 0 aliphatic rings. The van der Waals surface area contributed by atoms with Gasteiger partial charge in [0.1, 0.15) is 17.1 Å². The number of carbonyl (C=O) groups excluding carboxylic acids is 3. The standard InChI is InChI=1S/C31H29NO9/c1-31(2,3)41-27(34)17-39-25-9-7-6-8-21(25)19-14-22-24(33)16-26(30(36)38-5)40-28(22)23(15-19)32-29(35)18-10-12-20(37-4)13-11-18/h6-16H,17H2,1-5H3,(H,32,35). The number of methoxy groups -OCH3 is 2. The number of anilines is 1. The summed E-state index contributed by atoms with van der Waals surface area (Å²) in [4.78, 5) is 50.7. The van der Waals surface area contributed by atoms with E-state index in [-0.39, 0.29) is 29.0 Å². The van der Waals surface area contributed by atoms with Crippen molar-refractivity contribution in [3.8, 4) is 22.6 Å². The van der Waals surface area contributed by atoms with Gasteiger partial charge in [-0.1, -0.05) is 18.2 Å². The summed E-state index contributed by atoms with van der Waals surface area (Å²) >= 11 is 0. The van der Waals surface area contributed by atoms with E-state index >= 15 is 0 Å². The van der Waals surface area contributed by atoms with E-state index in [0.29, 0.717) is 28.2 Å². The van der Waals surface area contributed by atoms with Gasteiger partial charge in [-0.2, -0.15) is 0 Å². The monoisotopic (exact) mass is 559 g/mol. The fourth-order valence-electron chi connectivity index (χ4n) is 3.98. The molecule has 0 aliphatic heterocycles. The van der Waals surface area contributed by atoms with Crippen LogP contribution in [-0.2, 0) is 14.3 Å². The zero-order valence-corrected chi connectivity index (χ0v) is 23.2. The molecule has 10 heteroatoms. The van der Waals surface area contributed by atoms with Crippen molar-refractivity contribution in [3.63, 3.8) is 0 Å². The molecule has 1 N–H and O–H groups in total. The first-order valence-corrected chi connectivity index (χ1v) is 12.6. The zero-order valence-electron chi connectivity index (χ0n) is 23.2. The van der Waals surface area contributed by atoms with E-state index in [9.17, 15) is 19.2 Å². The highest BCUT2D eigenvalue weighted by molar-refractivity contribution is 6.09. The van der Waals surface area contributed by atoms with Gasteiger partial charge in [0.05, 0.1) is 25.3 Å². The van der Waals surface area contributed by atoms with E-state index in [4.69, 9.17) is 23.4 Å². The number of hydrogen-bond acceptors (Lipinski definition) is 9. The van der Waals surface area contributed by atoms with Crippen molar-refractivity contribution < 1.29 is 37.7 Å². The van der Waals surface area contributed by atoms with Gasteiger partial charge in [-0.25, -0.2) is 9.59 Å². The number of hydrogen-bond donors (Lipinski definition) is 1. The second kappa shape index (κ2) is 12.0. The Morgan fingerprint density at radius 1 is 0.927 bits per heavy atom. The third-order valence-corrected chi connectivity index (χ3v) is 5.78. The molecule has 0 fully saturated rings. The van der Waals surface area contributed by atoms with E-state index in [0.717, 1.165) is 13.2 Å². The number of ether oxygens (including phenoxy) is 4. The lowest BCUT2D eigenvalue weighted by molar-refractivity contribution is -0.157. The SMILES string of the molecule is COC(=O)c1cc(=O)c2cc(-c3ccccc3OCC(=O)OC(C)(C)C)cc(NC(=O)c3ccc(OC)cc3)c2o1. The van der Waals surface area contributed by atoms with Crippen molar-refractivity contribution in [2.24, 2.45) is 0 Å². The lowest BCUT2D eigenvalue weighted by Gasteiger charge is -2.20. The van der Waals surface area contributed by atoms with Crippen LogP contribution in [0.1, 0.15) is 41.7 Å². The Hall–Kier alpha value is -5.12. The Bertz CT molecular complexity index is 1660. The van der Waals surface area contributed by atoms with Crippen LogP contribution in [0.4, 0.5) is 5.69 Å². The van der Waals surface area contributed by atoms with Gasteiger partial charge in [0.2, 0.25) is 5.76 Å². The highest BCUT2D eigenvalue weighted by Crippen LogP contribution is 2.35. The fraction of sp³-hybridized carbons (Fsp3) is 0.226. The van der Waals surface area contributed by atoms with Crippen molar-refractivity contribution in [2.75, 3.05) is 26.1 Å². The van der Waals surface area contributed by atoms with Crippen LogP contribution < -0.4 is 20.2 Å². The summed E-state index contributed by atoms with van der Waals surface area (Å²) in [6.07, 6.45) is 0. The van der Waals surface area contributed by atoms with Gasteiger partial charge in [-0.15, -0.1) is 0 Å². The molecule has 0 bridgehead atoms. The fourth-order valence-corrected chi connectivity index (χ4v) is 3.98. The van der Waals surface area contributed by atoms with Crippen molar-refractivity contribution in [1.82, 2.24) is 0 Å². The van der Waals surface area contributed by atoms with Crippen LogP contribution in [-0.4, -0.2) is 44.3 Å². The minimum absolute atomic E-state index is 0.0179. The Morgan fingerprint density at radius 2 is 1.63 bits per heavy atom. The number of rotatable bonds is 8. The van der Waals surface area contributed by atoms with Crippen LogP contribution in [0, 0.1) is 0 Å². The summed E-state index contributed by atoms with van der Waals surface area (Å²) in [6.45, 7) is 4.93. The van der Waals surface area contributed by atoms with E-state index in [1.165, 1.54) is 7.11 Å². The first kappa shape index (κ1) is 28.9. The molecule has 4 aromatic rings. The smallest absolute Gasteiger partial charge is 0.374 e. The van der Waals surface area contributed by atoms with Crippen molar-refractivity contribution in [1.29, 1.82) is 0 Å². The van der Waals surface area contributed by atoms with Crippen molar-refractivity contribution in [3.05, 3.63) is 88.3 Å². The van der Waals surface area contributed by atoms with Gasteiger partial charge in [-0.05, 0) is 68.8 Å². The quantitative estimate of drug-likeness (QED) is 0.288. The molecule has 41 heavy (non-hydrogen) atoms. The summed E-state index contributed by atoms with van der Waals surface area (Å²) in [5.74, 6) is -1.28. The number of nitrogens with one attached hydrogen (secondary N) is 1. The first-order chi connectivity index (χ1) is 19.5. The molecule has 0 aliphatic carbocycles. The van der Waals surface area contributed by atoms with E-state index in [1.54, 1.807) is 81.4 Å². The van der Waals surface area contributed by atoms with Gasteiger partial charge in [-0.3, -0.25) is 9.59 Å². The lowest BCUT2D eigenvalue weighted by Crippen LogP contribution is -2.27.